The predicted octanol–water partition coefficient (Wildman–Crippen LogP) is 2.93. The Kier molecular flexibility index (Phi) is 3.77. The van der Waals surface area contributed by atoms with E-state index in [-0.39, 0.29) is 12.4 Å². The van der Waals surface area contributed by atoms with Gasteiger partial charge in [0.25, 0.3) is 0 Å². The topological polar surface area (TPSA) is 26.0 Å². The Morgan fingerprint density at radius 1 is 1.46 bits per heavy atom. The molecule has 1 nitrogen and oxygen atoms in total. The van der Waals surface area contributed by atoms with Gasteiger partial charge in [-0.25, -0.2) is 0 Å². The summed E-state index contributed by atoms with van der Waals surface area (Å²) in [5, 5.41) is 0. The summed E-state index contributed by atoms with van der Waals surface area (Å²) in [5.41, 5.74) is 7.02. The largest absolute Gasteiger partial charge is 0.330 e. The van der Waals surface area contributed by atoms with Crippen LogP contribution in [0.5, 0.6) is 0 Å². The monoisotopic (exact) mass is 261 g/mol. The highest BCUT2D eigenvalue weighted by Crippen LogP contribution is 2.46. The number of benzene rings is 1. The van der Waals surface area contributed by atoms with Crippen LogP contribution in [0.25, 0.3) is 0 Å². The molecule has 2 unspecified atom stereocenters. The van der Waals surface area contributed by atoms with E-state index in [0.717, 1.165) is 18.4 Å². The van der Waals surface area contributed by atoms with Gasteiger partial charge in [-0.3, -0.25) is 0 Å². The lowest BCUT2D eigenvalue weighted by Crippen LogP contribution is -2.01. The van der Waals surface area contributed by atoms with Crippen molar-refractivity contribution in [2.75, 3.05) is 6.54 Å². The van der Waals surface area contributed by atoms with Crippen LogP contribution in [0.3, 0.4) is 0 Å². The third kappa shape index (κ3) is 2.46. The van der Waals surface area contributed by atoms with Crippen molar-refractivity contribution in [3.05, 3.63) is 34.3 Å². The van der Waals surface area contributed by atoms with Gasteiger partial charge < -0.3 is 5.73 Å². The fourth-order valence-electron chi connectivity index (χ4n) is 1.65. The normalized spacial score (nSPS) is 25.1. The van der Waals surface area contributed by atoms with Gasteiger partial charge in [0, 0.05) is 4.47 Å². The zero-order valence-corrected chi connectivity index (χ0v) is 9.64. The van der Waals surface area contributed by atoms with Crippen molar-refractivity contribution in [2.24, 2.45) is 11.7 Å². The first-order valence-corrected chi connectivity index (χ1v) is 5.06. The molecule has 0 aromatic heterocycles. The van der Waals surface area contributed by atoms with Crippen LogP contribution in [0.15, 0.2) is 28.7 Å². The summed E-state index contributed by atoms with van der Waals surface area (Å²) in [6.45, 7) is 0.831. The Morgan fingerprint density at radius 3 is 2.77 bits per heavy atom. The predicted molar refractivity (Wildman–Crippen MR) is 61.3 cm³/mol. The third-order valence-electron chi connectivity index (χ3n) is 2.50. The molecule has 0 aliphatic heterocycles. The molecule has 1 saturated carbocycles. The second-order valence-electron chi connectivity index (χ2n) is 3.39. The molecule has 1 aromatic carbocycles. The van der Waals surface area contributed by atoms with Crippen LogP contribution in [-0.4, -0.2) is 6.54 Å². The Balaban J connectivity index is 0.000000845. The van der Waals surface area contributed by atoms with Gasteiger partial charge in [-0.05, 0) is 42.5 Å². The molecule has 1 fully saturated rings. The van der Waals surface area contributed by atoms with Crippen LogP contribution >= 0.6 is 28.3 Å². The first kappa shape index (κ1) is 11.0. The maximum absolute atomic E-state index is 5.59. The summed E-state index contributed by atoms with van der Waals surface area (Å²) in [5.74, 6) is 1.46. The molecular weight excluding hydrogens is 249 g/mol. The van der Waals surface area contributed by atoms with Gasteiger partial charge in [-0.2, -0.15) is 0 Å². The highest BCUT2D eigenvalue weighted by molar-refractivity contribution is 9.10. The van der Waals surface area contributed by atoms with Crippen LogP contribution < -0.4 is 5.73 Å². The number of halogens is 2. The van der Waals surface area contributed by atoms with E-state index in [0.29, 0.717) is 0 Å². The van der Waals surface area contributed by atoms with Crippen molar-refractivity contribution >= 4 is 28.3 Å². The standard InChI is InChI=1S/C10H12BrN.ClH/c11-9-3-1-2-7(4-9)10-5-8(10)6-12;/h1-4,8,10H,5-6,12H2;1H. The highest BCUT2D eigenvalue weighted by atomic mass is 79.9. The summed E-state index contributed by atoms with van der Waals surface area (Å²) in [6.07, 6.45) is 1.27. The van der Waals surface area contributed by atoms with Crippen molar-refractivity contribution in [3.63, 3.8) is 0 Å². The van der Waals surface area contributed by atoms with Crippen molar-refractivity contribution in [1.29, 1.82) is 0 Å². The fourth-order valence-corrected chi connectivity index (χ4v) is 2.07. The average Bonchev–Trinajstić information content (AvgIpc) is 2.83. The molecule has 0 radical (unpaired) electrons. The Hall–Kier alpha value is -0.0500. The van der Waals surface area contributed by atoms with Crippen LogP contribution in [-0.2, 0) is 0 Å². The second-order valence-corrected chi connectivity index (χ2v) is 4.31. The number of nitrogens with two attached hydrogens (primary N) is 1. The maximum Gasteiger partial charge on any atom is 0.0178 e. The van der Waals surface area contributed by atoms with Gasteiger partial charge in [0.15, 0.2) is 0 Å². The van der Waals surface area contributed by atoms with Crippen molar-refractivity contribution in [3.8, 4) is 0 Å². The Morgan fingerprint density at radius 2 is 2.23 bits per heavy atom. The second kappa shape index (κ2) is 4.45. The first-order valence-electron chi connectivity index (χ1n) is 4.27. The van der Waals surface area contributed by atoms with Crippen LogP contribution in [0.4, 0.5) is 0 Å². The minimum atomic E-state index is 0. The zero-order chi connectivity index (χ0) is 8.55. The minimum absolute atomic E-state index is 0. The molecule has 3 heteroatoms. The quantitative estimate of drug-likeness (QED) is 0.871. The molecule has 0 heterocycles. The lowest BCUT2D eigenvalue weighted by Gasteiger charge is -1.98. The molecular formula is C10H13BrClN. The molecule has 1 aliphatic carbocycles. The van der Waals surface area contributed by atoms with E-state index in [1.165, 1.54) is 16.5 Å². The molecule has 0 bridgehead atoms. The molecule has 2 N–H and O–H groups in total. The lowest BCUT2D eigenvalue weighted by molar-refractivity contribution is 0.809. The van der Waals surface area contributed by atoms with E-state index in [4.69, 9.17) is 5.73 Å². The molecule has 13 heavy (non-hydrogen) atoms. The van der Waals surface area contributed by atoms with Crippen LogP contribution in [0.2, 0.25) is 0 Å². The molecule has 1 aromatic rings. The van der Waals surface area contributed by atoms with Crippen molar-refractivity contribution in [2.45, 2.75) is 12.3 Å². The van der Waals surface area contributed by atoms with Gasteiger partial charge in [-0.15, -0.1) is 12.4 Å². The summed E-state index contributed by atoms with van der Waals surface area (Å²) in [6, 6.07) is 8.53. The Bertz CT molecular complexity index is 290. The van der Waals surface area contributed by atoms with E-state index in [2.05, 4.69) is 40.2 Å². The molecule has 2 atom stereocenters. The van der Waals surface area contributed by atoms with E-state index in [9.17, 15) is 0 Å². The molecule has 2 rings (SSSR count). The van der Waals surface area contributed by atoms with Crippen LogP contribution in [0.1, 0.15) is 17.9 Å². The van der Waals surface area contributed by atoms with Crippen molar-refractivity contribution in [1.82, 2.24) is 0 Å². The van der Waals surface area contributed by atoms with Gasteiger partial charge >= 0.3 is 0 Å². The average molecular weight is 263 g/mol. The fraction of sp³-hybridized carbons (Fsp3) is 0.400. The smallest absolute Gasteiger partial charge is 0.0178 e. The number of rotatable bonds is 2. The molecule has 0 amide bonds. The maximum atomic E-state index is 5.59. The summed E-state index contributed by atoms with van der Waals surface area (Å²) < 4.78 is 1.17. The van der Waals surface area contributed by atoms with E-state index in [1.54, 1.807) is 0 Å². The molecule has 1 aliphatic rings. The molecule has 0 saturated heterocycles. The van der Waals surface area contributed by atoms with Gasteiger partial charge in [0.05, 0.1) is 0 Å². The van der Waals surface area contributed by atoms with Crippen LogP contribution in [0, 0.1) is 5.92 Å². The summed E-state index contributed by atoms with van der Waals surface area (Å²) >= 11 is 3.47. The van der Waals surface area contributed by atoms with Gasteiger partial charge in [-0.1, -0.05) is 28.1 Å². The van der Waals surface area contributed by atoms with Crippen molar-refractivity contribution < 1.29 is 0 Å². The lowest BCUT2D eigenvalue weighted by atomic mass is 10.1. The first-order chi connectivity index (χ1) is 5.81. The third-order valence-corrected chi connectivity index (χ3v) is 3.00. The zero-order valence-electron chi connectivity index (χ0n) is 7.24. The minimum Gasteiger partial charge on any atom is -0.330 e. The van der Waals surface area contributed by atoms with E-state index < -0.39 is 0 Å². The summed E-state index contributed by atoms with van der Waals surface area (Å²) in [7, 11) is 0. The van der Waals surface area contributed by atoms with Gasteiger partial charge in [0.2, 0.25) is 0 Å². The number of hydrogen-bond acceptors (Lipinski definition) is 1. The molecule has 0 spiro atoms. The number of hydrogen-bond donors (Lipinski definition) is 1. The molecule has 72 valence electrons. The van der Waals surface area contributed by atoms with E-state index >= 15 is 0 Å². The Labute approximate surface area is 93.2 Å². The summed E-state index contributed by atoms with van der Waals surface area (Å²) in [4.78, 5) is 0. The highest BCUT2D eigenvalue weighted by Gasteiger charge is 2.36. The van der Waals surface area contributed by atoms with E-state index in [1.807, 2.05) is 0 Å². The van der Waals surface area contributed by atoms with Gasteiger partial charge in [0.1, 0.15) is 0 Å². The SMILES string of the molecule is Cl.NCC1CC1c1cccc(Br)c1.